The molecule has 0 bridgehead atoms. The van der Waals surface area contributed by atoms with Gasteiger partial charge in [0.1, 0.15) is 0 Å². The molecule has 0 aromatic carbocycles. The molecule has 0 saturated carbocycles. The first kappa shape index (κ1) is 17.7. The highest BCUT2D eigenvalue weighted by Gasteiger charge is 2.02. The first-order chi connectivity index (χ1) is 8.31. The normalized spacial score (nSPS) is 12.9. The molecular weight excluding hydrogens is 321 g/mol. The van der Waals surface area contributed by atoms with Crippen LogP contribution in [0.15, 0.2) is 0 Å². The van der Waals surface area contributed by atoms with E-state index >= 15 is 0 Å². The Morgan fingerprint density at radius 3 is 2.12 bits per heavy atom. The number of alkyl halides is 1. The summed E-state index contributed by atoms with van der Waals surface area (Å²) < 4.78 is 0.882. The highest BCUT2D eigenvalue weighted by molar-refractivity contribution is 14.1. The topological polar surface area (TPSA) is 12.0 Å². The number of unbranched alkanes of at least 4 members (excludes halogenated alkanes) is 6. The third-order valence-corrected chi connectivity index (χ3v) is 4.46. The van der Waals surface area contributed by atoms with Gasteiger partial charge in [-0.15, -0.1) is 0 Å². The van der Waals surface area contributed by atoms with E-state index in [0.29, 0.717) is 0 Å². The van der Waals surface area contributed by atoms with Crippen LogP contribution in [0.3, 0.4) is 0 Å². The van der Waals surface area contributed by atoms with E-state index in [4.69, 9.17) is 0 Å². The van der Waals surface area contributed by atoms with Crippen molar-refractivity contribution in [1.29, 1.82) is 0 Å². The van der Waals surface area contributed by atoms with E-state index in [2.05, 4.69) is 41.8 Å². The zero-order chi connectivity index (χ0) is 12.8. The van der Waals surface area contributed by atoms with E-state index in [1.165, 1.54) is 77.3 Å². The third-order valence-electron chi connectivity index (χ3n) is 3.21. The number of rotatable bonds is 13. The first-order valence-electron chi connectivity index (χ1n) is 7.66. The van der Waals surface area contributed by atoms with E-state index in [1.54, 1.807) is 0 Å². The van der Waals surface area contributed by atoms with Gasteiger partial charge in [0, 0.05) is 3.92 Å². The van der Waals surface area contributed by atoms with Crippen LogP contribution in [0.4, 0.5) is 0 Å². The average molecular weight is 353 g/mol. The predicted molar refractivity (Wildman–Crippen MR) is 88.2 cm³/mol. The Kier molecular flexibility index (Phi) is 15.3. The molecule has 0 aromatic rings. The molecule has 0 amide bonds. The molecule has 0 aliphatic heterocycles. The zero-order valence-electron chi connectivity index (χ0n) is 11.9. The van der Waals surface area contributed by atoms with Crippen LogP contribution in [-0.2, 0) is 0 Å². The lowest BCUT2D eigenvalue weighted by Crippen LogP contribution is -2.19. The van der Waals surface area contributed by atoms with Gasteiger partial charge in [0.2, 0.25) is 0 Å². The van der Waals surface area contributed by atoms with Gasteiger partial charge in [-0.1, -0.05) is 81.4 Å². The number of nitrogens with one attached hydrogen (secondary N) is 1. The number of hydrogen-bond donors (Lipinski definition) is 1. The van der Waals surface area contributed by atoms with Crippen LogP contribution < -0.4 is 5.32 Å². The van der Waals surface area contributed by atoms with Crippen molar-refractivity contribution in [3.63, 3.8) is 0 Å². The summed E-state index contributed by atoms with van der Waals surface area (Å²) in [5.41, 5.74) is 0. The molecule has 1 nitrogen and oxygen atoms in total. The van der Waals surface area contributed by atoms with Crippen LogP contribution >= 0.6 is 22.6 Å². The van der Waals surface area contributed by atoms with Gasteiger partial charge in [0.15, 0.2) is 0 Å². The van der Waals surface area contributed by atoms with E-state index in [1.807, 2.05) is 0 Å². The molecule has 0 aliphatic rings. The fourth-order valence-electron chi connectivity index (χ4n) is 2.00. The van der Waals surface area contributed by atoms with E-state index in [9.17, 15) is 0 Å². The molecule has 17 heavy (non-hydrogen) atoms. The summed E-state index contributed by atoms with van der Waals surface area (Å²) in [5, 5.41) is 3.56. The highest BCUT2D eigenvalue weighted by atomic mass is 127. The van der Waals surface area contributed by atoms with Crippen LogP contribution in [-0.4, -0.2) is 17.0 Å². The van der Waals surface area contributed by atoms with Crippen molar-refractivity contribution in [2.75, 3.05) is 13.1 Å². The van der Waals surface area contributed by atoms with Crippen LogP contribution in [0.5, 0.6) is 0 Å². The Morgan fingerprint density at radius 2 is 1.41 bits per heavy atom. The van der Waals surface area contributed by atoms with E-state index < -0.39 is 0 Å². The summed E-state index contributed by atoms with van der Waals surface area (Å²) >= 11 is 2.63. The maximum absolute atomic E-state index is 3.56. The molecule has 0 aromatic heterocycles. The Bertz CT molecular complexity index is 139. The second kappa shape index (κ2) is 14.7. The van der Waals surface area contributed by atoms with Crippen molar-refractivity contribution in [2.24, 2.45) is 0 Å². The highest BCUT2D eigenvalue weighted by Crippen LogP contribution is 2.15. The van der Waals surface area contributed by atoms with Crippen molar-refractivity contribution < 1.29 is 0 Å². The first-order valence-corrected chi connectivity index (χ1v) is 8.90. The summed E-state index contributed by atoms with van der Waals surface area (Å²) in [6.07, 6.45) is 13.9. The molecule has 104 valence electrons. The van der Waals surface area contributed by atoms with Crippen molar-refractivity contribution in [3.05, 3.63) is 0 Å². The number of hydrogen-bond acceptors (Lipinski definition) is 1. The molecule has 0 radical (unpaired) electrons. The van der Waals surface area contributed by atoms with Gasteiger partial charge in [-0.3, -0.25) is 0 Å². The second-order valence-electron chi connectivity index (χ2n) is 5.05. The Balaban J connectivity index is 3.09. The largest absolute Gasteiger partial charge is 0.317 e. The fraction of sp³-hybridized carbons (Fsp3) is 1.00. The molecule has 1 N–H and O–H groups in total. The van der Waals surface area contributed by atoms with Gasteiger partial charge >= 0.3 is 0 Å². The lowest BCUT2D eigenvalue weighted by atomic mass is 10.1. The predicted octanol–water partition coefficient (Wildman–Crippen LogP) is 5.32. The van der Waals surface area contributed by atoms with Gasteiger partial charge in [-0.05, 0) is 32.4 Å². The summed E-state index contributed by atoms with van der Waals surface area (Å²) in [6, 6.07) is 0. The molecule has 0 heterocycles. The van der Waals surface area contributed by atoms with Crippen LogP contribution in [0, 0.1) is 0 Å². The minimum absolute atomic E-state index is 0.882. The molecule has 1 atom stereocenters. The molecule has 2 heteroatoms. The van der Waals surface area contributed by atoms with Gasteiger partial charge in [-0.2, -0.15) is 0 Å². The van der Waals surface area contributed by atoms with Gasteiger partial charge in [0.05, 0.1) is 0 Å². The maximum atomic E-state index is 3.56. The molecule has 0 fully saturated rings. The van der Waals surface area contributed by atoms with Crippen molar-refractivity contribution in [2.45, 2.75) is 82.0 Å². The molecular formula is C15H32IN. The quantitative estimate of drug-likeness (QED) is 0.268. The molecule has 0 saturated heterocycles. The van der Waals surface area contributed by atoms with Crippen molar-refractivity contribution in [3.8, 4) is 0 Å². The lowest BCUT2D eigenvalue weighted by molar-refractivity contribution is 0.561. The fourth-order valence-corrected chi connectivity index (χ4v) is 2.75. The Hall–Kier alpha value is 0.690. The summed E-state index contributed by atoms with van der Waals surface area (Å²) in [5.74, 6) is 0. The van der Waals surface area contributed by atoms with Crippen LogP contribution in [0.25, 0.3) is 0 Å². The van der Waals surface area contributed by atoms with E-state index in [0.717, 1.165) is 3.92 Å². The van der Waals surface area contributed by atoms with Gasteiger partial charge in [-0.25, -0.2) is 0 Å². The maximum Gasteiger partial charge on any atom is 0.0122 e. The lowest BCUT2D eigenvalue weighted by Gasteiger charge is -2.10. The Morgan fingerprint density at radius 1 is 0.765 bits per heavy atom. The molecule has 1 unspecified atom stereocenters. The monoisotopic (exact) mass is 353 g/mol. The van der Waals surface area contributed by atoms with Gasteiger partial charge < -0.3 is 5.32 Å². The third kappa shape index (κ3) is 14.6. The zero-order valence-corrected chi connectivity index (χ0v) is 14.1. The van der Waals surface area contributed by atoms with Crippen LogP contribution in [0.2, 0.25) is 0 Å². The van der Waals surface area contributed by atoms with Crippen molar-refractivity contribution >= 4 is 22.6 Å². The average Bonchev–Trinajstić information content (AvgIpc) is 2.33. The minimum atomic E-state index is 0.882. The molecule has 0 aliphatic carbocycles. The SMILES string of the molecule is CCCCCCCC(I)CCNCCCCC. The van der Waals surface area contributed by atoms with Crippen molar-refractivity contribution in [1.82, 2.24) is 5.32 Å². The van der Waals surface area contributed by atoms with Crippen LogP contribution in [0.1, 0.15) is 78.1 Å². The number of halogens is 1. The molecule has 0 spiro atoms. The summed E-state index contributed by atoms with van der Waals surface area (Å²) in [6.45, 7) is 6.98. The summed E-state index contributed by atoms with van der Waals surface area (Å²) in [4.78, 5) is 0. The van der Waals surface area contributed by atoms with Gasteiger partial charge in [0.25, 0.3) is 0 Å². The van der Waals surface area contributed by atoms with E-state index in [-0.39, 0.29) is 0 Å². The smallest absolute Gasteiger partial charge is 0.0122 e. The second-order valence-corrected chi connectivity index (χ2v) is 6.81. The standard InChI is InChI=1S/C15H32IN/c1-3-5-7-8-9-11-15(16)12-14-17-13-10-6-4-2/h15,17H,3-14H2,1-2H3. The Labute approximate surface area is 123 Å². The summed E-state index contributed by atoms with van der Waals surface area (Å²) in [7, 11) is 0. The molecule has 0 rings (SSSR count). The minimum Gasteiger partial charge on any atom is -0.317 e.